The lowest BCUT2D eigenvalue weighted by atomic mass is 9.83. The highest BCUT2D eigenvalue weighted by molar-refractivity contribution is 6.35. The Morgan fingerprint density at radius 2 is 2.18 bits per heavy atom. The number of carbonyl (C=O) groups excluding carboxylic acids is 1. The molecule has 4 nitrogen and oxygen atoms in total. The van der Waals surface area contributed by atoms with Crippen LogP contribution in [0.25, 0.3) is 0 Å². The lowest BCUT2D eigenvalue weighted by Gasteiger charge is -2.31. The van der Waals surface area contributed by atoms with Gasteiger partial charge in [0.25, 0.3) is 5.91 Å². The summed E-state index contributed by atoms with van der Waals surface area (Å²) in [6, 6.07) is 6.45. The van der Waals surface area contributed by atoms with Gasteiger partial charge >= 0.3 is 0 Å². The van der Waals surface area contributed by atoms with Crippen LogP contribution in [-0.4, -0.2) is 17.6 Å². The van der Waals surface area contributed by atoms with Crippen LogP contribution in [0.2, 0.25) is 10.0 Å². The van der Waals surface area contributed by atoms with Gasteiger partial charge in [0.2, 0.25) is 0 Å². The highest BCUT2D eigenvalue weighted by Gasteiger charge is 2.36. The summed E-state index contributed by atoms with van der Waals surface area (Å²) >= 11 is 11.9. The van der Waals surface area contributed by atoms with Gasteiger partial charge in [0.1, 0.15) is 11.4 Å². The Bertz CT molecular complexity index is 713. The van der Waals surface area contributed by atoms with Crippen LogP contribution >= 0.6 is 23.2 Å². The number of benzene rings is 1. The molecule has 2 N–H and O–H groups in total. The quantitative estimate of drug-likeness (QED) is 0.898. The number of nitrogens with one attached hydrogen (secondary N) is 1. The first-order chi connectivity index (χ1) is 10.5. The van der Waals surface area contributed by atoms with E-state index >= 15 is 0 Å². The molecule has 1 heterocycles. The topological polar surface area (TPSA) is 62.5 Å². The van der Waals surface area contributed by atoms with Gasteiger partial charge in [-0.1, -0.05) is 23.2 Å². The summed E-state index contributed by atoms with van der Waals surface area (Å²) in [5, 5.41) is 14.3. The van der Waals surface area contributed by atoms with E-state index in [9.17, 15) is 9.90 Å². The van der Waals surface area contributed by atoms with E-state index in [4.69, 9.17) is 27.6 Å². The van der Waals surface area contributed by atoms with Crippen molar-refractivity contribution in [3.8, 4) is 0 Å². The Morgan fingerprint density at radius 3 is 3.00 bits per heavy atom. The average Bonchev–Trinajstić information content (AvgIpc) is 2.98. The number of hydrogen-bond acceptors (Lipinski definition) is 3. The SMILES string of the molecule is O=C(NCC1(O)CCCc2occc21)c1cc(Cl)ccc1Cl. The predicted octanol–water partition coefficient (Wildman–Crippen LogP) is 3.54. The molecule has 1 aromatic carbocycles. The molecule has 0 radical (unpaired) electrons. The molecule has 0 aliphatic heterocycles. The highest BCUT2D eigenvalue weighted by atomic mass is 35.5. The second-order valence-corrected chi connectivity index (χ2v) is 6.29. The van der Waals surface area contributed by atoms with Crippen molar-refractivity contribution in [2.24, 2.45) is 0 Å². The van der Waals surface area contributed by atoms with Gasteiger partial charge in [-0.2, -0.15) is 0 Å². The number of halogens is 2. The number of rotatable bonds is 3. The normalized spacial score (nSPS) is 20.5. The molecule has 0 saturated carbocycles. The fourth-order valence-corrected chi connectivity index (χ4v) is 3.18. The summed E-state index contributed by atoms with van der Waals surface area (Å²) in [5.74, 6) is 0.417. The summed E-state index contributed by atoms with van der Waals surface area (Å²) in [5.41, 5.74) is -0.0707. The number of fused-ring (bicyclic) bond motifs is 1. The molecule has 0 saturated heterocycles. The first kappa shape index (κ1) is 15.4. The largest absolute Gasteiger partial charge is 0.469 e. The van der Waals surface area contributed by atoms with Crippen LogP contribution in [0.3, 0.4) is 0 Å². The van der Waals surface area contributed by atoms with Gasteiger partial charge in [0, 0.05) is 17.0 Å². The average molecular weight is 340 g/mol. The highest BCUT2D eigenvalue weighted by Crippen LogP contribution is 2.35. The number of amides is 1. The summed E-state index contributed by atoms with van der Waals surface area (Å²) in [4.78, 5) is 12.3. The standard InChI is InChI=1S/C16H15Cl2NO3/c17-10-3-4-13(18)11(8-10)15(20)19-9-16(21)6-1-2-14-12(16)5-7-22-14/h3-5,7-8,21H,1-2,6,9H2,(H,19,20). The summed E-state index contributed by atoms with van der Waals surface area (Å²) in [6.07, 6.45) is 3.75. The molecule has 1 unspecified atom stereocenters. The molecule has 3 rings (SSSR count). The van der Waals surface area contributed by atoms with Crippen molar-refractivity contribution < 1.29 is 14.3 Å². The third-order valence-electron chi connectivity index (χ3n) is 3.96. The van der Waals surface area contributed by atoms with E-state index in [2.05, 4.69) is 5.32 Å². The third kappa shape index (κ3) is 2.86. The number of carbonyl (C=O) groups is 1. The molecular formula is C16H15Cl2NO3. The maximum Gasteiger partial charge on any atom is 0.252 e. The molecule has 116 valence electrons. The van der Waals surface area contributed by atoms with Gasteiger partial charge < -0.3 is 14.8 Å². The lowest BCUT2D eigenvalue weighted by Crippen LogP contribution is -2.42. The van der Waals surface area contributed by atoms with E-state index in [-0.39, 0.29) is 12.5 Å². The smallest absolute Gasteiger partial charge is 0.252 e. The number of hydrogen-bond donors (Lipinski definition) is 2. The summed E-state index contributed by atoms with van der Waals surface area (Å²) in [6.45, 7) is 0.0984. The van der Waals surface area contributed by atoms with Crippen molar-refractivity contribution in [3.05, 3.63) is 57.5 Å². The van der Waals surface area contributed by atoms with E-state index in [1.54, 1.807) is 24.5 Å². The Labute approximate surface area is 138 Å². The van der Waals surface area contributed by atoms with Crippen molar-refractivity contribution in [2.45, 2.75) is 24.9 Å². The summed E-state index contributed by atoms with van der Waals surface area (Å²) in [7, 11) is 0. The van der Waals surface area contributed by atoms with E-state index in [0.29, 0.717) is 22.0 Å². The first-order valence-corrected chi connectivity index (χ1v) is 7.78. The number of aliphatic hydroxyl groups is 1. The predicted molar refractivity (Wildman–Crippen MR) is 84.3 cm³/mol. The zero-order valence-electron chi connectivity index (χ0n) is 11.7. The zero-order chi connectivity index (χ0) is 15.7. The Balaban J connectivity index is 1.76. The molecular weight excluding hydrogens is 325 g/mol. The number of aryl methyl sites for hydroxylation is 1. The zero-order valence-corrected chi connectivity index (χ0v) is 13.2. The van der Waals surface area contributed by atoms with Crippen LogP contribution in [0.15, 0.2) is 34.9 Å². The van der Waals surface area contributed by atoms with Crippen LogP contribution in [0.5, 0.6) is 0 Å². The molecule has 0 fully saturated rings. The summed E-state index contributed by atoms with van der Waals surface area (Å²) < 4.78 is 5.37. The molecule has 1 aromatic heterocycles. The van der Waals surface area contributed by atoms with Crippen LogP contribution < -0.4 is 5.32 Å². The second kappa shape index (κ2) is 5.95. The number of furan rings is 1. The van der Waals surface area contributed by atoms with Gasteiger partial charge in [-0.3, -0.25) is 4.79 Å². The van der Waals surface area contributed by atoms with E-state index in [1.165, 1.54) is 6.07 Å². The van der Waals surface area contributed by atoms with E-state index in [0.717, 1.165) is 24.2 Å². The fourth-order valence-electron chi connectivity index (χ4n) is 2.80. The molecule has 1 amide bonds. The molecule has 22 heavy (non-hydrogen) atoms. The molecule has 1 aliphatic carbocycles. The Hall–Kier alpha value is -1.49. The maximum absolute atomic E-state index is 12.3. The molecule has 0 bridgehead atoms. The van der Waals surface area contributed by atoms with E-state index < -0.39 is 5.60 Å². The van der Waals surface area contributed by atoms with Crippen LogP contribution in [0, 0.1) is 0 Å². The van der Waals surface area contributed by atoms with Gasteiger partial charge in [-0.25, -0.2) is 0 Å². The van der Waals surface area contributed by atoms with E-state index in [1.807, 2.05) is 0 Å². The first-order valence-electron chi connectivity index (χ1n) is 7.02. The minimum atomic E-state index is -1.11. The lowest BCUT2D eigenvalue weighted by molar-refractivity contribution is 0.0169. The van der Waals surface area contributed by atoms with Crippen molar-refractivity contribution >= 4 is 29.1 Å². The van der Waals surface area contributed by atoms with Gasteiger partial charge in [-0.05, 0) is 37.1 Å². The van der Waals surface area contributed by atoms with Crippen molar-refractivity contribution in [3.63, 3.8) is 0 Å². The molecule has 1 atom stereocenters. The van der Waals surface area contributed by atoms with Gasteiger partial charge in [0.05, 0.1) is 23.4 Å². The molecule has 1 aliphatic rings. The second-order valence-electron chi connectivity index (χ2n) is 5.45. The van der Waals surface area contributed by atoms with Crippen molar-refractivity contribution in [1.29, 1.82) is 0 Å². The monoisotopic (exact) mass is 339 g/mol. The molecule has 2 aromatic rings. The molecule has 0 spiro atoms. The minimum absolute atomic E-state index is 0.0984. The van der Waals surface area contributed by atoms with Gasteiger partial charge in [0.15, 0.2) is 0 Å². The fraction of sp³-hybridized carbons (Fsp3) is 0.312. The minimum Gasteiger partial charge on any atom is -0.469 e. The van der Waals surface area contributed by atoms with Crippen molar-refractivity contribution in [1.82, 2.24) is 5.32 Å². The molecule has 6 heteroatoms. The van der Waals surface area contributed by atoms with Crippen LogP contribution in [0.4, 0.5) is 0 Å². The van der Waals surface area contributed by atoms with Crippen LogP contribution in [0.1, 0.15) is 34.5 Å². The van der Waals surface area contributed by atoms with Crippen molar-refractivity contribution in [2.75, 3.05) is 6.54 Å². The Kier molecular flexibility index (Phi) is 4.17. The third-order valence-corrected chi connectivity index (χ3v) is 4.52. The van der Waals surface area contributed by atoms with Gasteiger partial charge in [-0.15, -0.1) is 0 Å². The maximum atomic E-state index is 12.3. The van der Waals surface area contributed by atoms with Crippen LogP contribution in [-0.2, 0) is 12.0 Å². The Morgan fingerprint density at radius 1 is 1.36 bits per heavy atom.